The van der Waals surface area contributed by atoms with Crippen molar-refractivity contribution < 1.29 is 21.6 Å². The quantitative estimate of drug-likeness (QED) is 0.278. The fourth-order valence-corrected chi connectivity index (χ4v) is 4.67. The second-order valence-electron chi connectivity index (χ2n) is 8.22. The molecule has 3 aromatic rings. The van der Waals surface area contributed by atoms with E-state index in [0.717, 1.165) is 31.3 Å². The summed E-state index contributed by atoms with van der Waals surface area (Å²) in [4.78, 5) is 13.9. The number of nitrogens with one attached hydrogen (secondary N) is 2. The maximum Gasteiger partial charge on any atom is 0.516 e. The lowest BCUT2D eigenvalue weighted by atomic mass is 10.1. The van der Waals surface area contributed by atoms with Crippen molar-refractivity contribution in [3.63, 3.8) is 0 Å². The number of hydrogen-bond donors (Lipinski definition) is 2. The van der Waals surface area contributed by atoms with E-state index in [9.17, 15) is 21.6 Å². The summed E-state index contributed by atoms with van der Waals surface area (Å²) < 4.78 is 62.1. The highest BCUT2D eigenvalue weighted by atomic mass is 35.5. The molecule has 0 spiro atoms. The van der Waals surface area contributed by atoms with Crippen LogP contribution in [0.25, 0.3) is 22.0 Å². The molecule has 2 aromatic heterocycles. The Labute approximate surface area is 211 Å². The van der Waals surface area contributed by atoms with Gasteiger partial charge < -0.3 is 5.32 Å². The summed E-state index contributed by atoms with van der Waals surface area (Å²) in [7, 11) is -5.54. The van der Waals surface area contributed by atoms with E-state index in [1.807, 2.05) is 6.07 Å². The molecule has 0 atom stereocenters. The van der Waals surface area contributed by atoms with Gasteiger partial charge in [0.15, 0.2) is 0 Å². The maximum absolute atomic E-state index is 12.6. The molecule has 2 N–H and O–H groups in total. The third-order valence-electron chi connectivity index (χ3n) is 4.72. The van der Waals surface area contributed by atoms with E-state index < -0.39 is 15.5 Å². The summed E-state index contributed by atoms with van der Waals surface area (Å²) in [6.45, 7) is 7.07. The maximum atomic E-state index is 12.6. The number of anilines is 2. The van der Waals surface area contributed by atoms with Crippen molar-refractivity contribution in [1.82, 2.24) is 15.0 Å². The van der Waals surface area contributed by atoms with Crippen molar-refractivity contribution in [3.8, 4) is 22.0 Å². The van der Waals surface area contributed by atoms with Crippen molar-refractivity contribution in [2.75, 3.05) is 16.6 Å². The van der Waals surface area contributed by atoms with Crippen molar-refractivity contribution >= 4 is 44.5 Å². The fourth-order valence-electron chi connectivity index (χ4n) is 3.06. The fraction of sp³-hybridized carbons (Fsp3) is 0.409. The predicted octanol–water partition coefficient (Wildman–Crippen LogP) is 6.59. The van der Waals surface area contributed by atoms with Crippen LogP contribution in [0.15, 0.2) is 29.6 Å². The van der Waals surface area contributed by atoms with Crippen LogP contribution < -0.4 is 10.0 Å². The first-order valence-electron chi connectivity index (χ1n) is 10.9. The topological polar surface area (TPSA) is 96.9 Å². The van der Waals surface area contributed by atoms with E-state index in [1.54, 1.807) is 5.38 Å². The highest BCUT2D eigenvalue weighted by molar-refractivity contribution is 7.93. The normalized spacial score (nSPS) is 12.2. The molecule has 0 saturated carbocycles. The van der Waals surface area contributed by atoms with Gasteiger partial charge in [0, 0.05) is 30.0 Å². The molecule has 0 unspecified atom stereocenters. The lowest BCUT2D eigenvalue weighted by Crippen LogP contribution is -2.29. The van der Waals surface area contributed by atoms with Crippen LogP contribution >= 0.6 is 22.9 Å². The van der Waals surface area contributed by atoms with E-state index in [-0.39, 0.29) is 10.7 Å². The number of rotatable bonds is 10. The van der Waals surface area contributed by atoms with Crippen molar-refractivity contribution in [2.45, 2.75) is 45.5 Å². The molecule has 1 aromatic carbocycles. The van der Waals surface area contributed by atoms with Gasteiger partial charge in [0.1, 0.15) is 22.3 Å². The van der Waals surface area contributed by atoms with E-state index >= 15 is 0 Å². The van der Waals surface area contributed by atoms with Crippen molar-refractivity contribution in [2.24, 2.45) is 5.92 Å². The molecular weight excluding hydrogens is 523 g/mol. The summed E-state index contributed by atoms with van der Waals surface area (Å²) in [5.74, 6) is 1.79. The van der Waals surface area contributed by atoms with Gasteiger partial charge in [-0.3, -0.25) is 4.72 Å². The third-order valence-corrected chi connectivity index (χ3v) is 7.02. The van der Waals surface area contributed by atoms with Gasteiger partial charge in [-0.2, -0.15) is 21.6 Å². The molecular formula is C22H25ClF3N5O2S2. The number of benzene rings is 1. The second-order valence-corrected chi connectivity index (χ2v) is 11.2. The van der Waals surface area contributed by atoms with E-state index in [0.29, 0.717) is 40.1 Å². The smallest absolute Gasteiger partial charge is 0.370 e. The summed E-state index contributed by atoms with van der Waals surface area (Å²) in [5, 5.41) is 5.75. The Kier molecular flexibility index (Phi) is 8.60. The number of nitrogens with zero attached hydrogens (tertiary/aromatic N) is 3. The molecule has 0 radical (unpaired) electrons. The van der Waals surface area contributed by atoms with Gasteiger partial charge in [-0.25, -0.2) is 15.0 Å². The molecule has 0 aliphatic carbocycles. The third kappa shape index (κ3) is 7.05. The Morgan fingerprint density at radius 2 is 1.86 bits per heavy atom. The number of hydrogen-bond acceptors (Lipinski definition) is 7. The number of halogens is 4. The van der Waals surface area contributed by atoms with Gasteiger partial charge in [0.2, 0.25) is 0 Å². The molecule has 2 heterocycles. The summed E-state index contributed by atoms with van der Waals surface area (Å²) in [6, 6.07) is 5.56. The molecule has 0 aliphatic rings. The van der Waals surface area contributed by atoms with Gasteiger partial charge in [0.25, 0.3) is 0 Å². The molecule has 0 bridgehead atoms. The Hall–Kier alpha value is -2.44. The number of alkyl halides is 3. The Bertz CT molecular complexity index is 1280. The van der Waals surface area contributed by atoms with Gasteiger partial charge in [0.05, 0.1) is 16.4 Å². The average Bonchev–Trinajstić information content (AvgIpc) is 3.22. The molecule has 0 fully saturated rings. The standard InChI is InChI=1S/C22H25ClF3N5O2S2/c1-4-5-8-27-19-11-17(28-20(30-19)9-13(2)3)21-29-18(12-34-21)15-7-6-14(10-16(15)23)31-35(32,33)22(24,25)26/h6-7,10-13,31H,4-5,8-9H2,1-3H3,(H,27,28,30). The number of unbranched alkanes of at least 4 members (excludes halogenated alkanes) is 1. The average molecular weight is 548 g/mol. The van der Waals surface area contributed by atoms with Gasteiger partial charge in [-0.15, -0.1) is 11.3 Å². The minimum Gasteiger partial charge on any atom is -0.370 e. The predicted molar refractivity (Wildman–Crippen MR) is 134 cm³/mol. The van der Waals surface area contributed by atoms with Crippen LogP contribution in [0.3, 0.4) is 0 Å². The zero-order valence-corrected chi connectivity index (χ0v) is 21.7. The molecule has 0 aliphatic heterocycles. The Morgan fingerprint density at radius 1 is 1.11 bits per heavy atom. The molecule has 0 saturated heterocycles. The Morgan fingerprint density at radius 3 is 2.49 bits per heavy atom. The highest BCUT2D eigenvalue weighted by Crippen LogP contribution is 2.35. The van der Waals surface area contributed by atoms with E-state index in [1.165, 1.54) is 28.2 Å². The summed E-state index contributed by atoms with van der Waals surface area (Å²) in [6.07, 6.45) is 2.76. The van der Waals surface area contributed by atoms with Crippen LogP contribution in [0.2, 0.25) is 5.02 Å². The van der Waals surface area contributed by atoms with Gasteiger partial charge in [-0.05, 0) is 30.5 Å². The lowest BCUT2D eigenvalue weighted by Gasteiger charge is -2.11. The van der Waals surface area contributed by atoms with Crippen LogP contribution in [0, 0.1) is 5.92 Å². The van der Waals surface area contributed by atoms with Crippen molar-refractivity contribution in [3.05, 3.63) is 40.5 Å². The molecule has 35 heavy (non-hydrogen) atoms. The first-order valence-corrected chi connectivity index (χ1v) is 13.6. The number of aromatic nitrogens is 3. The van der Waals surface area contributed by atoms with Crippen LogP contribution in [0.5, 0.6) is 0 Å². The van der Waals surface area contributed by atoms with Crippen LogP contribution in [-0.4, -0.2) is 35.4 Å². The van der Waals surface area contributed by atoms with Crippen LogP contribution in [0.1, 0.15) is 39.4 Å². The number of thiazole rings is 1. The molecule has 190 valence electrons. The van der Waals surface area contributed by atoms with E-state index in [2.05, 4.69) is 41.0 Å². The summed E-state index contributed by atoms with van der Waals surface area (Å²) in [5.41, 5.74) is -4.15. The van der Waals surface area contributed by atoms with Gasteiger partial charge >= 0.3 is 15.5 Å². The Balaban J connectivity index is 1.89. The zero-order chi connectivity index (χ0) is 25.8. The van der Waals surface area contributed by atoms with E-state index in [4.69, 9.17) is 11.6 Å². The minimum absolute atomic E-state index is 0.0503. The first-order chi connectivity index (χ1) is 16.4. The second kappa shape index (κ2) is 11.1. The molecule has 7 nitrogen and oxygen atoms in total. The lowest BCUT2D eigenvalue weighted by molar-refractivity contribution is -0.0429. The van der Waals surface area contributed by atoms with Crippen molar-refractivity contribution in [1.29, 1.82) is 0 Å². The van der Waals surface area contributed by atoms with Crippen LogP contribution in [-0.2, 0) is 16.4 Å². The first kappa shape index (κ1) is 27.2. The SMILES string of the molecule is CCCCNc1cc(-c2nc(-c3ccc(NS(=O)(=O)C(F)(F)F)cc3Cl)cs2)nc(CC(C)C)n1. The molecule has 3 rings (SSSR count). The highest BCUT2D eigenvalue weighted by Gasteiger charge is 2.46. The number of sulfonamides is 1. The zero-order valence-electron chi connectivity index (χ0n) is 19.3. The molecule has 0 amide bonds. The summed E-state index contributed by atoms with van der Waals surface area (Å²) >= 11 is 7.59. The molecule has 13 heteroatoms. The van der Waals surface area contributed by atoms with Gasteiger partial charge in [-0.1, -0.05) is 38.8 Å². The van der Waals surface area contributed by atoms with Crippen LogP contribution in [0.4, 0.5) is 24.7 Å². The minimum atomic E-state index is -5.54. The monoisotopic (exact) mass is 547 g/mol. The largest absolute Gasteiger partial charge is 0.516 e.